The van der Waals surface area contributed by atoms with E-state index in [-0.39, 0.29) is 29.4 Å². The van der Waals surface area contributed by atoms with Crippen molar-refractivity contribution in [1.29, 1.82) is 0 Å². The summed E-state index contributed by atoms with van der Waals surface area (Å²) in [4.78, 5) is 27.8. The topological polar surface area (TPSA) is 106 Å². The van der Waals surface area contributed by atoms with Gasteiger partial charge in [0.15, 0.2) is 23.0 Å². The number of amides is 1. The Hall–Kier alpha value is -4.46. The number of aromatic hydroxyl groups is 1. The van der Waals surface area contributed by atoms with Gasteiger partial charge in [0, 0.05) is 12.1 Å². The number of carbonyl (C=O) groups is 2. The molecule has 0 aromatic heterocycles. The molecule has 2 N–H and O–H groups in total. The first-order valence-electron chi connectivity index (χ1n) is 11.3. The number of nitrogens with zero attached hydrogens (tertiary/aromatic N) is 1. The van der Waals surface area contributed by atoms with Crippen molar-refractivity contribution in [3.63, 3.8) is 0 Å². The molecule has 1 atom stereocenters. The summed E-state index contributed by atoms with van der Waals surface area (Å²) in [6.45, 7) is 0.194. The van der Waals surface area contributed by atoms with E-state index in [0.717, 1.165) is 5.56 Å². The fraction of sp³-hybridized carbons (Fsp3) is 0.214. The highest BCUT2D eigenvalue weighted by molar-refractivity contribution is 6.46. The first-order chi connectivity index (χ1) is 17.4. The van der Waals surface area contributed by atoms with Crippen LogP contribution in [-0.4, -0.2) is 54.7 Å². The maximum Gasteiger partial charge on any atom is 0.295 e. The number of phenolic OH excluding ortho intramolecular Hbond substituents is 1. The predicted molar refractivity (Wildman–Crippen MR) is 133 cm³/mol. The van der Waals surface area contributed by atoms with Gasteiger partial charge in [-0.3, -0.25) is 9.59 Å². The lowest BCUT2D eigenvalue weighted by Crippen LogP contribution is -2.31. The van der Waals surface area contributed by atoms with Crippen molar-refractivity contribution in [2.75, 3.05) is 27.9 Å². The summed E-state index contributed by atoms with van der Waals surface area (Å²) in [6.07, 6.45) is 0.421. The van der Waals surface area contributed by atoms with Crippen molar-refractivity contribution in [2.45, 2.75) is 12.5 Å². The van der Waals surface area contributed by atoms with Crippen LogP contribution in [0.5, 0.6) is 23.0 Å². The molecule has 1 amide bonds. The van der Waals surface area contributed by atoms with Crippen LogP contribution < -0.4 is 14.2 Å². The van der Waals surface area contributed by atoms with Crippen LogP contribution in [0.3, 0.4) is 0 Å². The molecule has 1 aliphatic rings. The van der Waals surface area contributed by atoms with Gasteiger partial charge >= 0.3 is 0 Å². The normalized spacial score (nSPS) is 16.8. The number of ketones is 1. The molecule has 0 spiro atoms. The Labute approximate surface area is 209 Å². The molecule has 8 heteroatoms. The van der Waals surface area contributed by atoms with Gasteiger partial charge in [-0.05, 0) is 41.8 Å². The largest absolute Gasteiger partial charge is 0.507 e. The van der Waals surface area contributed by atoms with Crippen molar-refractivity contribution in [3.8, 4) is 23.0 Å². The molecule has 1 fully saturated rings. The molecule has 36 heavy (non-hydrogen) atoms. The van der Waals surface area contributed by atoms with Crippen LogP contribution in [0.1, 0.15) is 22.7 Å². The molecule has 1 aliphatic heterocycles. The average Bonchev–Trinajstić information content (AvgIpc) is 3.16. The zero-order chi connectivity index (χ0) is 25.8. The van der Waals surface area contributed by atoms with E-state index >= 15 is 0 Å². The van der Waals surface area contributed by atoms with E-state index in [4.69, 9.17) is 14.2 Å². The Balaban J connectivity index is 1.77. The van der Waals surface area contributed by atoms with Crippen molar-refractivity contribution in [2.24, 2.45) is 0 Å². The molecule has 3 aromatic carbocycles. The van der Waals surface area contributed by atoms with E-state index in [0.29, 0.717) is 29.0 Å². The zero-order valence-electron chi connectivity index (χ0n) is 20.2. The summed E-state index contributed by atoms with van der Waals surface area (Å²) >= 11 is 0. The molecule has 3 aromatic rings. The number of aliphatic hydroxyl groups excluding tert-OH is 1. The molecular weight excluding hydrogens is 462 g/mol. The molecule has 0 radical (unpaired) electrons. The van der Waals surface area contributed by atoms with Gasteiger partial charge in [-0.15, -0.1) is 0 Å². The maximum absolute atomic E-state index is 13.2. The van der Waals surface area contributed by atoms with Crippen molar-refractivity contribution >= 4 is 17.4 Å². The number of rotatable bonds is 8. The van der Waals surface area contributed by atoms with Gasteiger partial charge in [0.1, 0.15) is 5.76 Å². The first kappa shape index (κ1) is 24.7. The standard InChI is InChI=1S/C28H27NO7/c1-34-21-12-9-17(15-23(21)36-3)13-14-29-25(19-10-11-20(30)22(16-19)35-2)24(27(32)28(29)33)26(31)18-7-5-4-6-8-18/h4-12,15-16,25,30-31H,13-14H2,1-3H3/b26-24-. The van der Waals surface area contributed by atoms with Crippen LogP contribution in [0.25, 0.3) is 5.76 Å². The summed E-state index contributed by atoms with van der Waals surface area (Å²) in [5, 5.41) is 21.2. The fourth-order valence-electron chi connectivity index (χ4n) is 4.36. The summed E-state index contributed by atoms with van der Waals surface area (Å²) in [5.74, 6) is -0.503. The number of hydrogen-bond donors (Lipinski definition) is 2. The van der Waals surface area contributed by atoms with Crippen molar-refractivity contribution in [1.82, 2.24) is 4.90 Å². The summed E-state index contributed by atoms with van der Waals surface area (Å²) in [5.41, 5.74) is 1.80. The number of methoxy groups -OCH3 is 3. The molecule has 0 aliphatic carbocycles. The first-order valence-corrected chi connectivity index (χ1v) is 11.3. The van der Waals surface area contributed by atoms with Crippen LogP contribution in [0.4, 0.5) is 0 Å². The van der Waals surface area contributed by atoms with Gasteiger partial charge in [0.2, 0.25) is 0 Å². The molecule has 8 nitrogen and oxygen atoms in total. The Morgan fingerprint density at radius 2 is 1.56 bits per heavy atom. The van der Waals surface area contributed by atoms with E-state index in [2.05, 4.69) is 0 Å². The maximum atomic E-state index is 13.2. The molecule has 186 valence electrons. The van der Waals surface area contributed by atoms with Gasteiger partial charge in [-0.1, -0.05) is 42.5 Å². The quantitative estimate of drug-likeness (QED) is 0.279. The third-order valence-electron chi connectivity index (χ3n) is 6.20. The fourth-order valence-corrected chi connectivity index (χ4v) is 4.36. The Morgan fingerprint density at radius 3 is 2.22 bits per heavy atom. The number of carbonyl (C=O) groups excluding carboxylic acids is 2. The van der Waals surface area contributed by atoms with Gasteiger partial charge in [-0.2, -0.15) is 0 Å². The van der Waals surface area contributed by atoms with Crippen LogP contribution in [-0.2, 0) is 16.0 Å². The van der Waals surface area contributed by atoms with E-state index in [9.17, 15) is 19.8 Å². The van der Waals surface area contributed by atoms with E-state index < -0.39 is 17.7 Å². The minimum absolute atomic E-state index is 0.0220. The second-order valence-corrected chi connectivity index (χ2v) is 8.23. The van der Waals surface area contributed by atoms with Crippen LogP contribution in [0.15, 0.2) is 72.3 Å². The Morgan fingerprint density at radius 1 is 0.861 bits per heavy atom. The summed E-state index contributed by atoms with van der Waals surface area (Å²) in [6, 6.07) is 17.8. The number of hydrogen-bond acceptors (Lipinski definition) is 7. The predicted octanol–water partition coefficient (Wildman–Crippen LogP) is 4.08. The molecule has 1 heterocycles. The monoisotopic (exact) mass is 489 g/mol. The molecule has 1 saturated heterocycles. The summed E-state index contributed by atoms with van der Waals surface area (Å²) in [7, 11) is 4.51. The SMILES string of the molecule is COc1cc(C2/C(=C(/O)c3ccccc3)C(=O)C(=O)N2CCc2ccc(OC)c(OC)c2)ccc1O. The van der Waals surface area contributed by atoms with Gasteiger partial charge in [0.05, 0.1) is 32.9 Å². The van der Waals surface area contributed by atoms with Crippen LogP contribution >= 0.6 is 0 Å². The number of aliphatic hydroxyl groups is 1. The second kappa shape index (κ2) is 10.4. The van der Waals surface area contributed by atoms with Gasteiger partial charge < -0.3 is 29.3 Å². The van der Waals surface area contributed by atoms with Crippen molar-refractivity contribution in [3.05, 3.63) is 89.0 Å². The summed E-state index contributed by atoms with van der Waals surface area (Å²) < 4.78 is 15.9. The number of phenols is 1. The van der Waals surface area contributed by atoms with Gasteiger partial charge in [-0.25, -0.2) is 0 Å². The Bertz CT molecular complexity index is 1320. The molecular formula is C28H27NO7. The number of likely N-dealkylation sites (tertiary alicyclic amines) is 1. The molecule has 1 unspecified atom stereocenters. The highest BCUT2D eigenvalue weighted by atomic mass is 16.5. The van der Waals surface area contributed by atoms with E-state index in [1.807, 2.05) is 12.1 Å². The molecule has 0 bridgehead atoms. The minimum Gasteiger partial charge on any atom is -0.507 e. The number of Topliss-reactive ketones (excluding diaryl/α,β-unsaturated/α-hetero) is 1. The van der Waals surface area contributed by atoms with Crippen LogP contribution in [0, 0.1) is 0 Å². The zero-order valence-corrected chi connectivity index (χ0v) is 20.2. The third kappa shape index (κ3) is 4.57. The average molecular weight is 490 g/mol. The smallest absolute Gasteiger partial charge is 0.295 e. The highest BCUT2D eigenvalue weighted by Crippen LogP contribution is 2.42. The lowest BCUT2D eigenvalue weighted by molar-refractivity contribution is -0.139. The molecule has 4 rings (SSSR count). The van der Waals surface area contributed by atoms with E-state index in [1.165, 1.54) is 18.1 Å². The number of ether oxygens (including phenoxy) is 3. The van der Waals surface area contributed by atoms with Crippen LogP contribution in [0.2, 0.25) is 0 Å². The third-order valence-corrected chi connectivity index (χ3v) is 6.20. The van der Waals surface area contributed by atoms with Gasteiger partial charge in [0.25, 0.3) is 11.7 Å². The number of benzene rings is 3. The lowest BCUT2D eigenvalue weighted by Gasteiger charge is -2.26. The van der Waals surface area contributed by atoms with Crippen molar-refractivity contribution < 1.29 is 34.0 Å². The second-order valence-electron chi connectivity index (χ2n) is 8.23. The van der Waals surface area contributed by atoms with E-state index in [1.54, 1.807) is 62.8 Å². The Kier molecular flexibility index (Phi) is 7.15. The minimum atomic E-state index is -0.875. The highest BCUT2D eigenvalue weighted by Gasteiger charge is 2.46. The lowest BCUT2D eigenvalue weighted by atomic mass is 9.95. The molecule has 0 saturated carbocycles.